The molecular formula is C9H20N2O. The summed E-state index contributed by atoms with van der Waals surface area (Å²) in [6.45, 7) is 6.72. The van der Waals surface area contributed by atoms with Crippen LogP contribution < -0.4 is 10.6 Å². The van der Waals surface area contributed by atoms with Crippen LogP contribution in [0.4, 0.5) is 0 Å². The Labute approximate surface area is 74.9 Å². The molecule has 2 N–H and O–H groups in total. The number of hydrogen-bond donors (Lipinski definition) is 2. The summed E-state index contributed by atoms with van der Waals surface area (Å²) in [6.07, 6.45) is 2.75. The van der Waals surface area contributed by atoms with Crippen LogP contribution in [0.5, 0.6) is 0 Å². The summed E-state index contributed by atoms with van der Waals surface area (Å²) in [4.78, 5) is 11.0. The Kier molecular flexibility index (Phi) is 8.12. The Balaban J connectivity index is 3.08. The van der Waals surface area contributed by atoms with Gasteiger partial charge in [-0.1, -0.05) is 20.3 Å². The first-order chi connectivity index (χ1) is 5.81. The van der Waals surface area contributed by atoms with Crippen molar-refractivity contribution in [3.8, 4) is 0 Å². The van der Waals surface area contributed by atoms with Gasteiger partial charge < -0.3 is 10.6 Å². The van der Waals surface area contributed by atoms with Crippen LogP contribution in [0, 0.1) is 0 Å². The summed E-state index contributed by atoms with van der Waals surface area (Å²) in [5.41, 5.74) is 0. The summed E-state index contributed by atoms with van der Waals surface area (Å²) < 4.78 is 0. The quantitative estimate of drug-likeness (QED) is 0.560. The van der Waals surface area contributed by atoms with Crippen molar-refractivity contribution in [1.82, 2.24) is 10.6 Å². The van der Waals surface area contributed by atoms with E-state index in [1.807, 2.05) is 0 Å². The molecule has 3 heteroatoms. The number of nitrogens with one attached hydrogen (secondary N) is 2. The molecule has 0 aromatic heterocycles. The largest absolute Gasteiger partial charge is 0.355 e. The topological polar surface area (TPSA) is 41.1 Å². The zero-order valence-electron chi connectivity index (χ0n) is 8.15. The summed E-state index contributed by atoms with van der Waals surface area (Å²) in [6, 6.07) is 0. The van der Waals surface area contributed by atoms with E-state index in [-0.39, 0.29) is 5.91 Å². The molecule has 0 bridgehead atoms. The molecule has 1 amide bonds. The molecule has 0 spiro atoms. The van der Waals surface area contributed by atoms with Crippen LogP contribution in [-0.2, 0) is 4.79 Å². The Morgan fingerprint density at radius 2 is 2.00 bits per heavy atom. The molecule has 0 fully saturated rings. The number of carbonyl (C=O) groups is 1. The van der Waals surface area contributed by atoms with Gasteiger partial charge in [0.15, 0.2) is 0 Å². The maximum absolute atomic E-state index is 11.0. The van der Waals surface area contributed by atoms with E-state index in [9.17, 15) is 4.79 Å². The average Bonchev–Trinajstić information content (AvgIpc) is 2.09. The molecule has 0 aromatic rings. The molecule has 3 nitrogen and oxygen atoms in total. The van der Waals surface area contributed by atoms with Gasteiger partial charge in [-0.3, -0.25) is 4.79 Å². The second-order valence-corrected chi connectivity index (χ2v) is 2.81. The molecule has 0 aliphatic heterocycles. The molecule has 0 aliphatic carbocycles. The van der Waals surface area contributed by atoms with Gasteiger partial charge >= 0.3 is 0 Å². The fourth-order valence-electron chi connectivity index (χ4n) is 0.893. The van der Waals surface area contributed by atoms with Gasteiger partial charge in [-0.2, -0.15) is 0 Å². The Bertz CT molecular complexity index is 115. The highest BCUT2D eigenvalue weighted by atomic mass is 16.1. The van der Waals surface area contributed by atoms with E-state index < -0.39 is 0 Å². The highest BCUT2D eigenvalue weighted by molar-refractivity contribution is 5.75. The van der Waals surface area contributed by atoms with Crippen LogP contribution in [0.15, 0.2) is 0 Å². The van der Waals surface area contributed by atoms with Gasteiger partial charge in [0.05, 0.1) is 0 Å². The van der Waals surface area contributed by atoms with Gasteiger partial charge in [-0.25, -0.2) is 0 Å². The lowest BCUT2D eigenvalue weighted by atomic mass is 10.2. The third-order valence-electron chi connectivity index (χ3n) is 1.63. The van der Waals surface area contributed by atoms with Crippen molar-refractivity contribution in [1.29, 1.82) is 0 Å². The van der Waals surface area contributed by atoms with Crippen molar-refractivity contribution in [2.24, 2.45) is 0 Å². The van der Waals surface area contributed by atoms with Gasteiger partial charge in [-0.05, 0) is 13.0 Å². The molecular weight excluding hydrogens is 152 g/mol. The van der Waals surface area contributed by atoms with E-state index >= 15 is 0 Å². The third kappa shape index (κ3) is 7.54. The molecule has 0 saturated carbocycles. The predicted molar refractivity (Wildman–Crippen MR) is 51.1 cm³/mol. The van der Waals surface area contributed by atoms with Crippen LogP contribution in [0.25, 0.3) is 0 Å². The van der Waals surface area contributed by atoms with Crippen LogP contribution in [0.2, 0.25) is 0 Å². The predicted octanol–water partition coefficient (Wildman–Crippen LogP) is 0.902. The van der Waals surface area contributed by atoms with E-state index in [2.05, 4.69) is 24.5 Å². The Morgan fingerprint density at radius 3 is 2.58 bits per heavy atom. The molecule has 72 valence electrons. The molecule has 0 rings (SSSR count). The van der Waals surface area contributed by atoms with Crippen molar-refractivity contribution in [3.05, 3.63) is 0 Å². The number of likely N-dealkylation sites (N-methyl/N-ethyl adjacent to an activating group) is 1. The highest BCUT2D eigenvalue weighted by Crippen LogP contribution is 1.92. The fraction of sp³-hybridized carbons (Fsp3) is 0.889. The summed E-state index contributed by atoms with van der Waals surface area (Å²) in [7, 11) is 0. The molecule has 0 radical (unpaired) electrons. The minimum atomic E-state index is 0.176. The van der Waals surface area contributed by atoms with Crippen LogP contribution >= 0.6 is 0 Å². The lowest BCUT2D eigenvalue weighted by molar-refractivity contribution is -0.121. The van der Waals surface area contributed by atoms with E-state index in [4.69, 9.17) is 0 Å². The smallest absolute Gasteiger partial charge is 0.220 e. The molecule has 0 aliphatic rings. The Hall–Kier alpha value is -0.570. The first-order valence-corrected chi connectivity index (χ1v) is 4.78. The maximum Gasteiger partial charge on any atom is 0.220 e. The van der Waals surface area contributed by atoms with E-state index in [0.29, 0.717) is 6.42 Å². The molecule has 12 heavy (non-hydrogen) atoms. The van der Waals surface area contributed by atoms with Crippen molar-refractivity contribution in [3.63, 3.8) is 0 Å². The average molecular weight is 172 g/mol. The SMILES string of the molecule is CCCCC(=O)NCCNCC. The Morgan fingerprint density at radius 1 is 1.25 bits per heavy atom. The summed E-state index contributed by atoms with van der Waals surface area (Å²) in [5.74, 6) is 0.176. The number of amides is 1. The lowest BCUT2D eigenvalue weighted by Crippen LogP contribution is -2.31. The van der Waals surface area contributed by atoms with E-state index in [0.717, 1.165) is 32.5 Å². The fourth-order valence-corrected chi connectivity index (χ4v) is 0.893. The molecule has 0 aromatic carbocycles. The molecule has 0 unspecified atom stereocenters. The van der Waals surface area contributed by atoms with Crippen LogP contribution in [-0.4, -0.2) is 25.5 Å². The monoisotopic (exact) mass is 172 g/mol. The minimum Gasteiger partial charge on any atom is -0.355 e. The maximum atomic E-state index is 11.0. The zero-order valence-corrected chi connectivity index (χ0v) is 8.15. The van der Waals surface area contributed by atoms with Crippen molar-refractivity contribution in [2.45, 2.75) is 33.1 Å². The second kappa shape index (κ2) is 8.53. The lowest BCUT2D eigenvalue weighted by Gasteiger charge is -2.04. The van der Waals surface area contributed by atoms with Gasteiger partial charge in [0, 0.05) is 19.5 Å². The van der Waals surface area contributed by atoms with Gasteiger partial charge in [-0.15, -0.1) is 0 Å². The standard InChI is InChI=1S/C9H20N2O/c1-3-5-6-9(12)11-8-7-10-4-2/h10H,3-8H2,1-2H3,(H,11,12). The summed E-state index contributed by atoms with van der Waals surface area (Å²) >= 11 is 0. The summed E-state index contributed by atoms with van der Waals surface area (Å²) in [5, 5.41) is 6.00. The number of unbranched alkanes of at least 4 members (excludes halogenated alkanes) is 1. The molecule has 0 saturated heterocycles. The van der Waals surface area contributed by atoms with Crippen molar-refractivity contribution >= 4 is 5.91 Å². The molecule has 0 heterocycles. The number of hydrogen-bond acceptors (Lipinski definition) is 2. The first-order valence-electron chi connectivity index (χ1n) is 4.78. The minimum absolute atomic E-state index is 0.176. The van der Waals surface area contributed by atoms with Crippen molar-refractivity contribution in [2.75, 3.05) is 19.6 Å². The van der Waals surface area contributed by atoms with E-state index in [1.165, 1.54) is 0 Å². The van der Waals surface area contributed by atoms with Gasteiger partial charge in [0.2, 0.25) is 5.91 Å². The normalized spacial score (nSPS) is 9.83. The van der Waals surface area contributed by atoms with Gasteiger partial charge in [0.1, 0.15) is 0 Å². The zero-order chi connectivity index (χ0) is 9.23. The number of rotatable bonds is 7. The van der Waals surface area contributed by atoms with E-state index in [1.54, 1.807) is 0 Å². The number of carbonyl (C=O) groups excluding carboxylic acids is 1. The van der Waals surface area contributed by atoms with Crippen LogP contribution in [0.3, 0.4) is 0 Å². The third-order valence-corrected chi connectivity index (χ3v) is 1.63. The van der Waals surface area contributed by atoms with Crippen molar-refractivity contribution < 1.29 is 4.79 Å². The van der Waals surface area contributed by atoms with Crippen LogP contribution in [0.1, 0.15) is 33.1 Å². The first kappa shape index (κ1) is 11.4. The molecule has 0 atom stereocenters. The second-order valence-electron chi connectivity index (χ2n) is 2.81. The highest BCUT2D eigenvalue weighted by Gasteiger charge is 1.97. The van der Waals surface area contributed by atoms with Gasteiger partial charge in [0.25, 0.3) is 0 Å².